The summed E-state index contributed by atoms with van der Waals surface area (Å²) in [6.07, 6.45) is -14.9. The molecule has 2 saturated heterocycles. The zero-order valence-corrected chi connectivity index (χ0v) is 18.9. The Morgan fingerprint density at radius 3 is 2.11 bits per heavy atom. The Labute approximate surface area is 199 Å². The number of aliphatic hydroxyl groups excluding tert-OH is 7. The van der Waals surface area contributed by atoms with E-state index in [0.717, 1.165) is 13.8 Å². The molecule has 0 aromatic rings. The van der Waals surface area contributed by atoms with Gasteiger partial charge in [0.2, 0.25) is 11.8 Å². The van der Waals surface area contributed by atoms with E-state index >= 15 is 0 Å². The van der Waals surface area contributed by atoms with Gasteiger partial charge in [0, 0.05) is 20.3 Å². The summed E-state index contributed by atoms with van der Waals surface area (Å²) in [5, 5.41) is 84.9. The fraction of sp³-hybridized carbons (Fsp3) is 0.842. The molecule has 2 aliphatic heterocycles. The molecule has 2 aliphatic rings. The van der Waals surface area contributed by atoms with E-state index in [4.69, 9.17) is 19.3 Å². The first-order chi connectivity index (χ1) is 16.2. The summed E-state index contributed by atoms with van der Waals surface area (Å²) in [5.41, 5.74) is 0. The highest BCUT2D eigenvalue weighted by molar-refractivity contribution is 5.76. The summed E-state index contributed by atoms with van der Waals surface area (Å²) in [4.78, 5) is 34.9. The van der Waals surface area contributed by atoms with E-state index in [9.17, 15) is 50.1 Å². The smallest absolute Gasteiger partial charge is 0.364 e. The number of rotatable bonds is 9. The van der Waals surface area contributed by atoms with Crippen molar-refractivity contribution in [2.24, 2.45) is 0 Å². The highest BCUT2D eigenvalue weighted by atomic mass is 16.7. The van der Waals surface area contributed by atoms with Crippen molar-refractivity contribution in [3.8, 4) is 0 Å². The van der Waals surface area contributed by atoms with Gasteiger partial charge in [-0.15, -0.1) is 0 Å². The predicted molar refractivity (Wildman–Crippen MR) is 109 cm³/mol. The van der Waals surface area contributed by atoms with Gasteiger partial charge in [-0.1, -0.05) is 0 Å². The van der Waals surface area contributed by atoms with Crippen LogP contribution in [0.4, 0.5) is 0 Å². The number of aliphatic hydroxyl groups is 7. The fourth-order valence-corrected chi connectivity index (χ4v) is 3.97. The van der Waals surface area contributed by atoms with Crippen molar-refractivity contribution in [2.45, 2.75) is 87.2 Å². The molecule has 10 N–H and O–H groups in total. The minimum absolute atomic E-state index is 0.628. The molecule has 202 valence electrons. The van der Waals surface area contributed by atoms with Gasteiger partial charge in [-0.3, -0.25) is 9.59 Å². The van der Waals surface area contributed by atoms with Crippen molar-refractivity contribution in [2.75, 3.05) is 13.2 Å². The third kappa shape index (κ3) is 6.62. The first-order valence-corrected chi connectivity index (χ1v) is 10.7. The normalized spacial score (nSPS) is 39.3. The van der Waals surface area contributed by atoms with Gasteiger partial charge in [-0.25, -0.2) is 4.79 Å². The third-order valence-electron chi connectivity index (χ3n) is 5.76. The van der Waals surface area contributed by atoms with Crippen LogP contribution in [0, 0.1) is 0 Å². The molecular formula is C19H32N2O14. The summed E-state index contributed by atoms with van der Waals surface area (Å²) in [6, 6.07) is -2.80. The zero-order chi connectivity index (χ0) is 26.7. The fourth-order valence-electron chi connectivity index (χ4n) is 3.97. The molecule has 2 heterocycles. The minimum atomic E-state index is -2.71. The maximum absolute atomic E-state index is 12.1. The van der Waals surface area contributed by atoms with Crippen LogP contribution in [0.5, 0.6) is 0 Å². The summed E-state index contributed by atoms with van der Waals surface area (Å²) < 4.78 is 15.9. The lowest BCUT2D eigenvalue weighted by Crippen LogP contribution is -2.68. The Bertz CT molecular complexity index is 770. The number of ether oxygens (including phenoxy) is 3. The van der Waals surface area contributed by atoms with Crippen molar-refractivity contribution in [3.63, 3.8) is 0 Å². The molecule has 11 atom stereocenters. The molecule has 0 bridgehead atoms. The van der Waals surface area contributed by atoms with Gasteiger partial charge in [0.05, 0.1) is 25.4 Å². The molecule has 0 aliphatic carbocycles. The second-order valence-corrected chi connectivity index (χ2v) is 8.46. The van der Waals surface area contributed by atoms with Crippen LogP contribution >= 0.6 is 0 Å². The van der Waals surface area contributed by atoms with Crippen LogP contribution in [0.15, 0.2) is 0 Å². The third-order valence-corrected chi connectivity index (χ3v) is 5.76. The van der Waals surface area contributed by atoms with Gasteiger partial charge in [0.25, 0.3) is 5.79 Å². The molecule has 0 radical (unpaired) electrons. The number of carbonyl (C=O) groups is 3. The molecule has 35 heavy (non-hydrogen) atoms. The average Bonchev–Trinajstić information content (AvgIpc) is 2.78. The van der Waals surface area contributed by atoms with Crippen LogP contribution in [0.1, 0.15) is 20.3 Å². The van der Waals surface area contributed by atoms with Crippen molar-refractivity contribution in [1.82, 2.24) is 10.6 Å². The highest BCUT2D eigenvalue weighted by Gasteiger charge is 2.56. The monoisotopic (exact) mass is 512 g/mol. The number of amides is 2. The maximum Gasteiger partial charge on any atom is 0.364 e. The standard InChI is InChI=1S/C19H32N2O14/c1-6(23)20-11-8(25)3-19(18(31)32,35-16(11)13(27)9(26)4-22)33-5-10-14(28)15(29)12(17(30)34-10)21-7(2)24/h8-17,22,25-30H,3-5H2,1-2H3,(H,20,23)(H,21,24)(H,31,32)/t8-,9+,10+,11+,12+,13+,14+,15+,16+,17-,19+/m0/s1. The van der Waals surface area contributed by atoms with Crippen LogP contribution in [-0.4, -0.2) is 139 Å². The largest absolute Gasteiger partial charge is 0.477 e. The lowest BCUT2D eigenvalue weighted by Gasteiger charge is -2.47. The Morgan fingerprint density at radius 2 is 1.60 bits per heavy atom. The molecule has 0 aromatic carbocycles. The quantitative estimate of drug-likeness (QED) is 0.138. The van der Waals surface area contributed by atoms with Gasteiger partial charge < -0.3 is 65.7 Å². The molecule has 2 amide bonds. The average molecular weight is 512 g/mol. The molecular weight excluding hydrogens is 480 g/mol. The number of carbonyl (C=O) groups excluding carboxylic acids is 2. The molecule has 16 heteroatoms. The van der Waals surface area contributed by atoms with Crippen molar-refractivity contribution >= 4 is 17.8 Å². The lowest BCUT2D eigenvalue weighted by molar-refractivity contribution is -0.328. The second-order valence-electron chi connectivity index (χ2n) is 8.46. The Balaban J connectivity index is 2.25. The van der Waals surface area contributed by atoms with Gasteiger partial charge in [-0.05, 0) is 0 Å². The van der Waals surface area contributed by atoms with Crippen molar-refractivity contribution in [3.05, 3.63) is 0 Å². The number of carboxylic acids is 1. The molecule has 0 unspecified atom stereocenters. The first kappa shape index (κ1) is 29.2. The Morgan fingerprint density at radius 1 is 1.03 bits per heavy atom. The van der Waals surface area contributed by atoms with Crippen molar-refractivity contribution < 1.29 is 69.4 Å². The van der Waals surface area contributed by atoms with E-state index < -0.39 is 104 Å². The summed E-state index contributed by atoms with van der Waals surface area (Å²) in [7, 11) is 0. The van der Waals surface area contributed by atoms with Gasteiger partial charge in [0.1, 0.15) is 42.7 Å². The van der Waals surface area contributed by atoms with Gasteiger partial charge in [-0.2, -0.15) is 0 Å². The summed E-state index contributed by atoms with van der Waals surface area (Å²) >= 11 is 0. The topological polar surface area (TPSA) is 265 Å². The maximum atomic E-state index is 12.1. The van der Waals surface area contributed by atoms with E-state index in [0.29, 0.717) is 0 Å². The van der Waals surface area contributed by atoms with Crippen LogP contribution in [0.2, 0.25) is 0 Å². The van der Waals surface area contributed by atoms with E-state index in [2.05, 4.69) is 10.6 Å². The van der Waals surface area contributed by atoms with Crippen LogP contribution < -0.4 is 10.6 Å². The minimum Gasteiger partial charge on any atom is -0.477 e. The number of hydrogen-bond donors (Lipinski definition) is 10. The SMILES string of the molecule is CC(=O)N[C@@H]1[C@@H](O)[C@H](O)[C@@H](CO[C@]2(C(=O)O)C[C@H](O)[C@@H](NC(C)=O)[C@H]([C@H](O)[C@H](O)CO)O2)O[C@@H]1O. The zero-order valence-electron chi connectivity index (χ0n) is 18.9. The lowest BCUT2D eigenvalue weighted by atomic mass is 9.88. The number of aliphatic carboxylic acids is 1. The molecule has 2 rings (SSSR count). The molecule has 0 saturated carbocycles. The summed E-state index contributed by atoms with van der Waals surface area (Å²) in [6.45, 7) is 0.409. The molecule has 16 nitrogen and oxygen atoms in total. The molecule has 0 spiro atoms. The van der Waals surface area contributed by atoms with Gasteiger partial charge in [0.15, 0.2) is 6.29 Å². The van der Waals surface area contributed by atoms with Crippen molar-refractivity contribution in [1.29, 1.82) is 0 Å². The predicted octanol–water partition coefficient (Wildman–Crippen LogP) is -5.90. The van der Waals surface area contributed by atoms with Crippen LogP contribution in [0.25, 0.3) is 0 Å². The van der Waals surface area contributed by atoms with E-state index in [1.54, 1.807) is 0 Å². The number of carboxylic acid groups (broad SMARTS) is 1. The molecule has 0 aromatic heterocycles. The van der Waals surface area contributed by atoms with E-state index in [1.165, 1.54) is 0 Å². The van der Waals surface area contributed by atoms with Crippen LogP contribution in [-0.2, 0) is 28.6 Å². The van der Waals surface area contributed by atoms with Crippen LogP contribution in [0.3, 0.4) is 0 Å². The number of nitrogens with one attached hydrogen (secondary N) is 2. The molecule has 2 fully saturated rings. The second kappa shape index (κ2) is 11.8. The van der Waals surface area contributed by atoms with E-state index in [1.807, 2.05) is 0 Å². The Kier molecular flexibility index (Phi) is 9.88. The van der Waals surface area contributed by atoms with E-state index in [-0.39, 0.29) is 0 Å². The highest BCUT2D eigenvalue weighted by Crippen LogP contribution is 2.34. The Hall–Kier alpha value is -1.99. The number of hydrogen-bond acceptors (Lipinski definition) is 13. The first-order valence-electron chi connectivity index (χ1n) is 10.7. The summed E-state index contributed by atoms with van der Waals surface area (Å²) in [5.74, 6) is -5.80. The van der Waals surface area contributed by atoms with Gasteiger partial charge >= 0.3 is 5.97 Å².